The summed E-state index contributed by atoms with van der Waals surface area (Å²) in [6.07, 6.45) is 1.35. The first-order chi connectivity index (χ1) is 3.83. The van der Waals surface area contributed by atoms with Gasteiger partial charge in [0.1, 0.15) is 0 Å². The largest absolute Gasteiger partial charge is 0.304 e. The van der Waals surface area contributed by atoms with E-state index in [0.29, 0.717) is 0 Å². The lowest BCUT2D eigenvalue weighted by molar-refractivity contribution is 0.0614. The molecule has 2 N–H and O–H groups in total. The van der Waals surface area contributed by atoms with Gasteiger partial charge in [-0.3, -0.25) is 4.84 Å². The first kappa shape index (κ1) is 6.01. The Hall–Kier alpha value is -0.120. The molecule has 0 spiro atoms. The van der Waals surface area contributed by atoms with Crippen LogP contribution in [0.25, 0.3) is 0 Å². The van der Waals surface area contributed by atoms with Crippen LogP contribution in [0.4, 0.5) is 0 Å². The zero-order chi connectivity index (χ0) is 5.98. The number of rotatable bonds is 1. The van der Waals surface area contributed by atoms with Crippen molar-refractivity contribution in [2.75, 3.05) is 20.1 Å². The van der Waals surface area contributed by atoms with Gasteiger partial charge in [-0.25, -0.2) is 5.90 Å². The van der Waals surface area contributed by atoms with Gasteiger partial charge in [0.2, 0.25) is 0 Å². The van der Waals surface area contributed by atoms with Gasteiger partial charge in [0.05, 0.1) is 6.10 Å². The molecule has 1 rings (SSSR count). The molecule has 1 aliphatic heterocycles. The Kier molecular flexibility index (Phi) is 1.83. The van der Waals surface area contributed by atoms with Crippen molar-refractivity contribution in [3.8, 4) is 0 Å². The minimum atomic E-state index is 0.278. The Balaban J connectivity index is 2.22. The molecular weight excluding hydrogens is 104 g/mol. The smallest absolute Gasteiger partial charge is 0.0925 e. The van der Waals surface area contributed by atoms with Crippen LogP contribution in [-0.2, 0) is 4.84 Å². The third-order valence-electron chi connectivity index (χ3n) is 1.54. The van der Waals surface area contributed by atoms with Gasteiger partial charge in [-0.1, -0.05) is 0 Å². The van der Waals surface area contributed by atoms with Crippen molar-refractivity contribution in [2.45, 2.75) is 12.5 Å². The number of nitrogens with two attached hydrogens (primary N) is 1. The van der Waals surface area contributed by atoms with Gasteiger partial charge in [-0.2, -0.15) is 0 Å². The number of nitrogens with zero attached hydrogens (tertiary/aromatic N) is 1. The van der Waals surface area contributed by atoms with Crippen LogP contribution in [-0.4, -0.2) is 31.1 Å². The molecule has 0 radical (unpaired) electrons. The average Bonchev–Trinajstić information content (AvgIpc) is 2.14. The summed E-state index contributed by atoms with van der Waals surface area (Å²) in [5.74, 6) is 4.97. The van der Waals surface area contributed by atoms with Gasteiger partial charge in [0, 0.05) is 13.1 Å². The van der Waals surface area contributed by atoms with Crippen molar-refractivity contribution in [1.82, 2.24) is 4.90 Å². The molecule has 1 heterocycles. The van der Waals surface area contributed by atoms with E-state index in [-0.39, 0.29) is 6.10 Å². The summed E-state index contributed by atoms with van der Waals surface area (Å²) < 4.78 is 0. The minimum absolute atomic E-state index is 0.278. The lowest BCUT2D eigenvalue weighted by Gasteiger charge is -2.05. The highest BCUT2D eigenvalue weighted by atomic mass is 16.6. The minimum Gasteiger partial charge on any atom is -0.304 e. The fraction of sp³-hybridized carbons (Fsp3) is 1.00. The van der Waals surface area contributed by atoms with E-state index in [1.165, 1.54) is 0 Å². The van der Waals surface area contributed by atoms with E-state index in [4.69, 9.17) is 5.90 Å². The second kappa shape index (κ2) is 2.44. The van der Waals surface area contributed by atoms with Crippen LogP contribution in [0, 0.1) is 0 Å². The Morgan fingerprint density at radius 1 is 1.75 bits per heavy atom. The quantitative estimate of drug-likeness (QED) is 0.473. The maximum Gasteiger partial charge on any atom is 0.0925 e. The molecule has 0 aromatic carbocycles. The van der Waals surface area contributed by atoms with E-state index in [1.54, 1.807) is 0 Å². The molecular formula is C5H12N2O. The number of hydrogen-bond donors (Lipinski definition) is 1. The second-order valence-electron chi connectivity index (χ2n) is 2.31. The maximum absolute atomic E-state index is 4.97. The summed E-state index contributed by atoms with van der Waals surface area (Å²) in [5, 5.41) is 0. The highest BCUT2D eigenvalue weighted by Gasteiger charge is 2.18. The predicted molar refractivity (Wildman–Crippen MR) is 31.2 cm³/mol. The van der Waals surface area contributed by atoms with Crippen LogP contribution in [0.2, 0.25) is 0 Å². The van der Waals surface area contributed by atoms with Crippen molar-refractivity contribution in [3.05, 3.63) is 0 Å². The van der Waals surface area contributed by atoms with Crippen LogP contribution in [0.3, 0.4) is 0 Å². The third kappa shape index (κ3) is 1.18. The molecule has 0 aromatic rings. The fourth-order valence-electron chi connectivity index (χ4n) is 1.01. The standard InChI is InChI=1S/C5H12N2O/c1-7-3-2-5(4-7)8-6/h5H,2-4,6H2,1H3. The molecule has 3 nitrogen and oxygen atoms in total. The molecule has 0 bridgehead atoms. The number of hydrogen-bond acceptors (Lipinski definition) is 3. The average molecular weight is 116 g/mol. The van der Waals surface area contributed by atoms with Crippen LogP contribution in [0.5, 0.6) is 0 Å². The van der Waals surface area contributed by atoms with Gasteiger partial charge >= 0.3 is 0 Å². The molecule has 0 saturated carbocycles. The Labute approximate surface area is 49.4 Å². The monoisotopic (exact) mass is 116 g/mol. The van der Waals surface area contributed by atoms with Gasteiger partial charge in [0.25, 0.3) is 0 Å². The second-order valence-corrected chi connectivity index (χ2v) is 2.31. The Morgan fingerprint density at radius 2 is 2.50 bits per heavy atom. The molecule has 48 valence electrons. The highest BCUT2D eigenvalue weighted by molar-refractivity contribution is 4.71. The molecule has 0 aromatic heterocycles. The summed E-state index contributed by atoms with van der Waals surface area (Å²) >= 11 is 0. The van der Waals surface area contributed by atoms with Crippen molar-refractivity contribution in [2.24, 2.45) is 5.90 Å². The zero-order valence-electron chi connectivity index (χ0n) is 5.13. The summed E-state index contributed by atoms with van der Waals surface area (Å²) in [4.78, 5) is 6.85. The van der Waals surface area contributed by atoms with Crippen LogP contribution in [0.15, 0.2) is 0 Å². The van der Waals surface area contributed by atoms with E-state index in [0.717, 1.165) is 19.5 Å². The van der Waals surface area contributed by atoms with Crippen molar-refractivity contribution >= 4 is 0 Å². The van der Waals surface area contributed by atoms with Crippen LogP contribution >= 0.6 is 0 Å². The number of likely N-dealkylation sites (N-methyl/N-ethyl adjacent to an activating group) is 1. The SMILES string of the molecule is CN1CCC(ON)C1. The highest BCUT2D eigenvalue weighted by Crippen LogP contribution is 2.07. The molecule has 8 heavy (non-hydrogen) atoms. The molecule has 1 aliphatic rings. The van der Waals surface area contributed by atoms with Gasteiger partial charge in [-0.05, 0) is 13.5 Å². The molecule has 1 saturated heterocycles. The molecule has 0 aliphatic carbocycles. The van der Waals surface area contributed by atoms with Gasteiger partial charge in [-0.15, -0.1) is 0 Å². The maximum atomic E-state index is 4.97. The lowest BCUT2D eigenvalue weighted by atomic mass is 10.3. The van der Waals surface area contributed by atoms with E-state index < -0.39 is 0 Å². The Morgan fingerprint density at radius 3 is 2.75 bits per heavy atom. The normalized spacial score (nSPS) is 31.5. The molecule has 1 unspecified atom stereocenters. The summed E-state index contributed by atoms with van der Waals surface area (Å²) in [6, 6.07) is 0. The van der Waals surface area contributed by atoms with Gasteiger partial charge in [0.15, 0.2) is 0 Å². The van der Waals surface area contributed by atoms with Crippen molar-refractivity contribution in [3.63, 3.8) is 0 Å². The number of likely N-dealkylation sites (tertiary alicyclic amines) is 1. The lowest BCUT2D eigenvalue weighted by Crippen LogP contribution is -2.21. The predicted octanol–water partition coefficient (Wildman–Crippen LogP) is -0.419. The van der Waals surface area contributed by atoms with Crippen LogP contribution in [0.1, 0.15) is 6.42 Å². The van der Waals surface area contributed by atoms with Crippen LogP contribution < -0.4 is 5.90 Å². The van der Waals surface area contributed by atoms with Crippen molar-refractivity contribution in [1.29, 1.82) is 0 Å². The third-order valence-corrected chi connectivity index (χ3v) is 1.54. The topological polar surface area (TPSA) is 38.5 Å². The molecule has 3 heteroatoms. The van der Waals surface area contributed by atoms with E-state index >= 15 is 0 Å². The van der Waals surface area contributed by atoms with E-state index in [2.05, 4.69) is 16.8 Å². The molecule has 0 amide bonds. The first-order valence-electron chi connectivity index (χ1n) is 2.87. The summed E-state index contributed by atoms with van der Waals surface area (Å²) in [7, 11) is 2.07. The van der Waals surface area contributed by atoms with Crippen molar-refractivity contribution < 1.29 is 4.84 Å². The van der Waals surface area contributed by atoms with E-state index in [1.807, 2.05) is 0 Å². The van der Waals surface area contributed by atoms with Gasteiger partial charge < -0.3 is 4.90 Å². The zero-order valence-corrected chi connectivity index (χ0v) is 5.13. The Bertz CT molecular complexity index is 76.8. The molecule has 1 fully saturated rings. The van der Waals surface area contributed by atoms with E-state index in [9.17, 15) is 0 Å². The summed E-state index contributed by atoms with van der Waals surface area (Å²) in [5.41, 5.74) is 0. The first-order valence-corrected chi connectivity index (χ1v) is 2.87. The molecule has 1 atom stereocenters. The fourth-order valence-corrected chi connectivity index (χ4v) is 1.01. The summed E-state index contributed by atoms with van der Waals surface area (Å²) in [6.45, 7) is 2.10.